The van der Waals surface area contributed by atoms with Crippen LogP contribution in [0.2, 0.25) is 0 Å². The van der Waals surface area contributed by atoms with E-state index in [0.717, 1.165) is 6.07 Å². The number of non-ortho nitro benzene ring substituents is 1. The molecule has 1 aliphatic heterocycles. The Morgan fingerprint density at radius 3 is 2.48 bits per heavy atom. The monoisotopic (exact) mass is 335 g/mol. The van der Waals surface area contributed by atoms with Crippen LogP contribution in [0, 0.1) is 10.1 Å². The van der Waals surface area contributed by atoms with E-state index in [0.29, 0.717) is 19.0 Å². The minimum Gasteiger partial charge on any atom is -0.491 e. The molecule has 2 aromatic rings. The van der Waals surface area contributed by atoms with Gasteiger partial charge in [0.15, 0.2) is 0 Å². The first kappa shape index (κ1) is 15.4. The molecule has 0 amide bonds. The first-order chi connectivity index (χ1) is 11.0. The van der Waals surface area contributed by atoms with Crippen molar-refractivity contribution in [2.24, 2.45) is 0 Å². The third-order valence-corrected chi connectivity index (χ3v) is 5.04. The van der Waals surface area contributed by atoms with Crippen LogP contribution in [0.5, 0.6) is 5.75 Å². The van der Waals surface area contributed by atoms with Crippen molar-refractivity contribution in [3.8, 4) is 5.75 Å². The highest BCUT2D eigenvalue weighted by atomic mass is 32.2. The van der Waals surface area contributed by atoms with Gasteiger partial charge in [0.1, 0.15) is 18.5 Å². The maximum atomic E-state index is 12.6. The molecule has 3 rings (SSSR count). The van der Waals surface area contributed by atoms with Crippen molar-refractivity contribution < 1.29 is 22.8 Å². The molecule has 0 saturated carbocycles. The Bertz CT molecular complexity index is 845. The minimum absolute atomic E-state index is 0.0206. The first-order valence-corrected chi connectivity index (χ1v) is 8.29. The van der Waals surface area contributed by atoms with Crippen molar-refractivity contribution in [3.05, 3.63) is 58.6 Å². The Balaban J connectivity index is 1.90. The maximum Gasteiger partial charge on any atom is 0.270 e. The molecule has 0 aliphatic carbocycles. The fourth-order valence-corrected chi connectivity index (χ4v) is 3.32. The topological polar surface area (TPSA) is 99.0 Å². The third-order valence-electron chi connectivity index (χ3n) is 3.29. The number of rotatable bonds is 6. The average molecular weight is 335 g/mol. The van der Waals surface area contributed by atoms with Crippen LogP contribution in [0.3, 0.4) is 0 Å². The number of hydrogen-bond donors (Lipinski definition) is 0. The maximum absolute atomic E-state index is 12.6. The summed E-state index contributed by atoms with van der Waals surface area (Å²) in [6.07, 6.45) is 0.0621. The highest BCUT2D eigenvalue weighted by Gasteiger charge is 2.24. The van der Waals surface area contributed by atoms with Gasteiger partial charge in [0, 0.05) is 12.1 Å². The van der Waals surface area contributed by atoms with E-state index in [9.17, 15) is 18.5 Å². The lowest BCUT2D eigenvalue weighted by atomic mass is 10.3. The fraction of sp³-hybridized carbons (Fsp3) is 0.200. The number of hydrogen-bond acceptors (Lipinski definition) is 6. The van der Waals surface area contributed by atoms with E-state index in [1.54, 1.807) is 12.1 Å². The number of nitro groups is 1. The van der Waals surface area contributed by atoms with Gasteiger partial charge >= 0.3 is 0 Å². The summed E-state index contributed by atoms with van der Waals surface area (Å²) >= 11 is 0. The number of sulfone groups is 1. The second kappa shape index (κ2) is 5.98. The molecule has 1 saturated heterocycles. The Morgan fingerprint density at radius 1 is 1.17 bits per heavy atom. The van der Waals surface area contributed by atoms with Crippen LogP contribution in [0.15, 0.2) is 58.3 Å². The van der Waals surface area contributed by atoms with E-state index in [4.69, 9.17) is 9.47 Å². The van der Waals surface area contributed by atoms with Crippen molar-refractivity contribution >= 4 is 15.5 Å². The largest absolute Gasteiger partial charge is 0.491 e. The molecule has 23 heavy (non-hydrogen) atoms. The molecule has 0 bridgehead atoms. The second-order valence-electron chi connectivity index (χ2n) is 5.00. The van der Waals surface area contributed by atoms with Crippen molar-refractivity contribution in [3.63, 3.8) is 0 Å². The lowest BCUT2D eigenvalue weighted by molar-refractivity contribution is -0.385. The van der Waals surface area contributed by atoms with Crippen molar-refractivity contribution in [2.45, 2.75) is 15.9 Å². The highest BCUT2D eigenvalue weighted by Crippen LogP contribution is 2.27. The standard InChI is InChI=1S/C15H13NO6S/c17-16(18)11-3-1-5-14(7-11)23(19,20)15-6-2-4-12(8-15)21-9-13-10-22-13/h1-8,13H,9-10H2. The zero-order chi connectivity index (χ0) is 16.4. The number of nitrogens with zero attached hydrogens (tertiary/aromatic N) is 1. The van der Waals surface area contributed by atoms with Gasteiger partial charge in [-0.3, -0.25) is 10.1 Å². The van der Waals surface area contributed by atoms with Gasteiger partial charge < -0.3 is 9.47 Å². The summed E-state index contributed by atoms with van der Waals surface area (Å²) in [5.41, 5.74) is -0.274. The summed E-state index contributed by atoms with van der Waals surface area (Å²) in [4.78, 5) is 10.1. The van der Waals surface area contributed by atoms with Crippen LogP contribution in [-0.4, -0.2) is 32.7 Å². The second-order valence-corrected chi connectivity index (χ2v) is 6.95. The molecule has 7 nitrogen and oxygen atoms in total. The zero-order valence-corrected chi connectivity index (χ0v) is 12.7. The summed E-state index contributed by atoms with van der Waals surface area (Å²) in [5, 5.41) is 10.8. The highest BCUT2D eigenvalue weighted by molar-refractivity contribution is 7.91. The van der Waals surface area contributed by atoms with Gasteiger partial charge in [-0.05, 0) is 24.3 Å². The van der Waals surface area contributed by atoms with Crippen LogP contribution >= 0.6 is 0 Å². The number of epoxide rings is 1. The van der Waals surface area contributed by atoms with Gasteiger partial charge in [-0.25, -0.2) is 8.42 Å². The number of benzene rings is 2. The molecule has 120 valence electrons. The van der Waals surface area contributed by atoms with Gasteiger partial charge in [0.05, 0.1) is 21.3 Å². The van der Waals surface area contributed by atoms with Crippen molar-refractivity contribution in [1.29, 1.82) is 0 Å². The molecule has 0 spiro atoms. The van der Waals surface area contributed by atoms with Gasteiger partial charge in [0.25, 0.3) is 5.69 Å². The number of nitro benzene ring substituents is 1. The predicted octanol–water partition coefficient (Wildman–Crippen LogP) is 2.21. The summed E-state index contributed by atoms with van der Waals surface area (Å²) in [6.45, 7) is 1.01. The quantitative estimate of drug-likeness (QED) is 0.456. The molecule has 8 heteroatoms. The Hall–Kier alpha value is -2.45. The normalized spacial score (nSPS) is 16.8. The first-order valence-electron chi connectivity index (χ1n) is 6.81. The SMILES string of the molecule is O=[N+]([O-])c1cccc(S(=O)(=O)c2cccc(OCC3CO3)c2)c1. The van der Waals surface area contributed by atoms with Crippen molar-refractivity contribution in [1.82, 2.24) is 0 Å². The Labute approximate surface area is 132 Å². The lowest BCUT2D eigenvalue weighted by Gasteiger charge is -2.08. The number of ether oxygens (including phenoxy) is 2. The molecule has 2 aromatic carbocycles. The Morgan fingerprint density at radius 2 is 1.83 bits per heavy atom. The molecular formula is C15H13NO6S. The summed E-state index contributed by atoms with van der Waals surface area (Å²) in [7, 11) is -3.86. The lowest BCUT2D eigenvalue weighted by Crippen LogP contribution is -2.06. The smallest absolute Gasteiger partial charge is 0.270 e. The van der Waals surface area contributed by atoms with E-state index in [1.165, 1.54) is 30.3 Å². The molecule has 1 aliphatic rings. The Kier molecular flexibility index (Phi) is 4.01. The van der Waals surface area contributed by atoms with E-state index in [-0.39, 0.29) is 21.6 Å². The minimum atomic E-state index is -3.86. The van der Waals surface area contributed by atoms with Crippen LogP contribution in [-0.2, 0) is 14.6 Å². The molecule has 1 heterocycles. The summed E-state index contributed by atoms with van der Waals surface area (Å²) < 4.78 is 35.7. The zero-order valence-electron chi connectivity index (χ0n) is 11.9. The summed E-state index contributed by atoms with van der Waals surface area (Å²) in [6, 6.07) is 11.0. The van der Waals surface area contributed by atoms with Gasteiger partial charge in [0.2, 0.25) is 9.84 Å². The van der Waals surface area contributed by atoms with E-state index in [1.807, 2.05) is 0 Å². The molecule has 1 fully saturated rings. The molecule has 1 unspecified atom stereocenters. The van der Waals surface area contributed by atoms with Gasteiger partial charge in [-0.15, -0.1) is 0 Å². The molecule has 0 aromatic heterocycles. The van der Waals surface area contributed by atoms with Crippen LogP contribution in [0.4, 0.5) is 5.69 Å². The van der Waals surface area contributed by atoms with E-state index in [2.05, 4.69) is 0 Å². The summed E-state index contributed by atoms with van der Waals surface area (Å²) in [5.74, 6) is 0.409. The van der Waals surface area contributed by atoms with Gasteiger partial charge in [-0.2, -0.15) is 0 Å². The van der Waals surface area contributed by atoms with E-state index < -0.39 is 14.8 Å². The molecule has 0 N–H and O–H groups in total. The van der Waals surface area contributed by atoms with E-state index >= 15 is 0 Å². The van der Waals surface area contributed by atoms with Crippen LogP contribution in [0.1, 0.15) is 0 Å². The average Bonchev–Trinajstić information content (AvgIpc) is 3.37. The molecule has 0 radical (unpaired) electrons. The van der Waals surface area contributed by atoms with Crippen LogP contribution < -0.4 is 4.74 Å². The fourth-order valence-electron chi connectivity index (χ4n) is 1.98. The van der Waals surface area contributed by atoms with Crippen LogP contribution in [0.25, 0.3) is 0 Å². The molecular weight excluding hydrogens is 322 g/mol. The molecule has 1 atom stereocenters. The third kappa shape index (κ3) is 3.49. The van der Waals surface area contributed by atoms with Gasteiger partial charge in [-0.1, -0.05) is 12.1 Å². The predicted molar refractivity (Wildman–Crippen MR) is 80.2 cm³/mol. The van der Waals surface area contributed by atoms with Crippen molar-refractivity contribution in [2.75, 3.05) is 13.2 Å².